The molecule has 1 N–H and O–H groups in total. The lowest BCUT2D eigenvalue weighted by molar-refractivity contribution is -0.144. The number of hydrogen-bond donors (Lipinski definition) is 1. The molecule has 1 saturated heterocycles. The summed E-state index contributed by atoms with van der Waals surface area (Å²) >= 11 is 3.35. The van der Waals surface area contributed by atoms with E-state index in [0.717, 1.165) is 4.47 Å². The minimum Gasteiger partial charge on any atom is -0.481 e. The lowest BCUT2D eigenvalue weighted by atomic mass is 9.92. The van der Waals surface area contributed by atoms with Crippen molar-refractivity contribution in [1.82, 2.24) is 4.31 Å². The Balaban J connectivity index is 2.23. The van der Waals surface area contributed by atoms with Gasteiger partial charge in [-0.05, 0) is 31.4 Å². The number of nitrogens with zero attached hydrogens (tertiary/aromatic N) is 1. The molecule has 21 heavy (non-hydrogen) atoms. The van der Waals surface area contributed by atoms with Crippen LogP contribution in [0.2, 0.25) is 0 Å². The van der Waals surface area contributed by atoms with E-state index in [1.54, 1.807) is 25.1 Å². The number of halogens is 1. The molecule has 2 atom stereocenters. The maximum Gasteiger partial charge on any atom is 0.308 e. The van der Waals surface area contributed by atoms with Gasteiger partial charge in [0.25, 0.3) is 0 Å². The van der Waals surface area contributed by atoms with Crippen LogP contribution in [0, 0.1) is 5.92 Å². The van der Waals surface area contributed by atoms with E-state index in [9.17, 15) is 18.3 Å². The molecule has 0 radical (unpaired) electrons. The normalized spacial score (nSPS) is 23.9. The second-order valence-electron chi connectivity index (χ2n) is 5.29. The summed E-state index contributed by atoms with van der Waals surface area (Å²) in [7, 11) is -3.53. The molecule has 0 aliphatic carbocycles. The van der Waals surface area contributed by atoms with Crippen LogP contribution in [0.3, 0.4) is 0 Å². The van der Waals surface area contributed by atoms with Crippen LogP contribution >= 0.6 is 15.9 Å². The molecule has 7 heteroatoms. The maximum absolute atomic E-state index is 12.6. The third-order valence-corrected chi connectivity index (χ3v) is 6.58. The first kappa shape index (κ1) is 16.5. The van der Waals surface area contributed by atoms with E-state index in [4.69, 9.17) is 0 Å². The van der Waals surface area contributed by atoms with Crippen molar-refractivity contribution < 1.29 is 18.3 Å². The summed E-state index contributed by atoms with van der Waals surface area (Å²) in [6.45, 7) is 2.06. The van der Waals surface area contributed by atoms with Crippen molar-refractivity contribution in [2.75, 3.05) is 6.54 Å². The van der Waals surface area contributed by atoms with Crippen LogP contribution in [0.4, 0.5) is 0 Å². The predicted molar refractivity (Wildman–Crippen MR) is 83.3 cm³/mol. The van der Waals surface area contributed by atoms with E-state index in [0.29, 0.717) is 24.9 Å². The lowest BCUT2D eigenvalue weighted by Crippen LogP contribution is -2.49. The van der Waals surface area contributed by atoms with Gasteiger partial charge >= 0.3 is 5.97 Å². The molecule has 1 aliphatic rings. The summed E-state index contributed by atoms with van der Waals surface area (Å²) in [6, 6.07) is 6.65. The fourth-order valence-corrected chi connectivity index (χ4v) is 5.21. The van der Waals surface area contributed by atoms with E-state index in [1.807, 2.05) is 6.07 Å². The highest BCUT2D eigenvalue weighted by atomic mass is 79.9. The monoisotopic (exact) mass is 375 g/mol. The Morgan fingerprint density at radius 2 is 2.10 bits per heavy atom. The fraction of sp³-hybridized carbons (Fsp3) is 0.500. The van der Waals surface area contributed by atoms with Crippen LogP contribution in [-0.4, -0.2) is 36.4 Å². The zero-order valence-electron chi connectivity index (χ0n) is 11.7. The molecule has 1 heterocycles. The summed E-state index contributed by atoms with van der Waals surface area (Å²) < 4.78 is 27.3. The van der Waals surface area contributed by atoms with Crippen LogP contribution in [0.5, 0.6) is 0 Å². The van der Waals surface area contributed by atoms with Crippen molar-refractivity contribution in [2.45, 2.75) is 31.6 Å². The average Bonchev–Trinajstić information content (AvgIpc) is 2.41. The highest BCUT2D eigenvalue weighted by Gasteiger charge is 2.38. The Hall–Kier alpha value is -0.920. The number of aliphatic carboxylic acids is 1. The summed E-state index contributed by atoms with van der Waals surface area (Å²) in [6.07, 6.45) is 1.11. The van der Waals surface area contributed by atoms with Gasteiger partial charge in [-0.15, -0.1) is 0 Å². The smallest absolute Gasteiger partial charge is 0.308 e. The average molecular weight is 376 g/mol. The van der Waals surface area contributed by atoms with Gasteiger partial charge < -0.3 is 5.11 Å². The number of piperidine rings is 1. The standard InChI is InChI=1S/C14H18BrNO4S/c1-10-12(14(17)18)6-4-8-16(10)21(19,20)9-11-5-2-3-7-13(11)15/h2-3,5,7,10,12H,4,6,8-9H2,1H3,(H,17,18)/t10-,12-/m1/s1. The van der Waals surface area contributed by atoms with Crippen LogP contribution < -0.4 is 0 Å². The first-order valence-electron chi connectivity index (χ1n) is 6.78. The van der Waals surface area contributed by atoms with Gasteiger partial charge in [-0.3, -0.25) is 4.79 Å². The maximum atomic E-state index is 12.6. The van der Waals surface area contributed by atoms with Gasteiger partial charge in [0.1, 0.15) is 0 Å². The van der Waals surface area contributed by atoms with E-state index >= 15 is 0 Å². The number of carboxylic acids is 1. The second-order valence-corrected chi connectivity index (χ2v) is 8.06. The molecule has 5 nitrogen and oxygen atoms in total. The number of hydrogen-bond acceptors (Lipinski definition) is 3. The van der Waals surface area contributed by atoms with Gasteiger partial charge in [-0.25, -0.2) is 8.42 Å². The summed E-state index contributed by atoms with van der Waals surface area (Å²) in [5.41, 5.74) is 0.683. The Morgan fingerprint density at radius 1 is 1.43 bits per heavy atom. The Bertz CT molecular complexity index is 632. The minimum atomic E-state index is -3.53. The largest absolute Gasteiger partial charge is 0.481 e. The highest BCUT2D eigenvalue weighted by molar-refractivity contribution is 9.10. The molecule has 0 spiro atoms. The van der Waals surface area contributed by atoms with Crippen molar-refractivity contribution in [3.63, 3.8) is 0 Å². The Labute approximate surface area is 133 Å². The van der Waals surface area contributed by atoms with Gasteiger partial charge in [0, 0.05) is 17.1 Å². The molecule has 0 unspecified atom stereocenters. The highest BCUT2D eigenvalue weighted by Crippen LogP contribution is 2.28. The molecule has 1 aliphatic heterocycles. The second kappa shape index (κ2) is 6.46. The molecule has 0 aromatic heterocycles. The van der Waals surface area contributed by atoms with Gasteiger partial charge in [0.15, 0.2) is 0 Å². The zero-order valence-corrected chi connectivity index (χ0v) is 14.1. The fourth-order valence-electron chi connectivity index (χ4n) is 2.73. The van der Waals surface area contributed by atoms with Crippen LogP contribution in [0.15, 0.2) is 28.7 Å². The topological polar surface area (TPSA) is 74.7 Å². The van der Waals surface area contributed by atoms with Crippen molar-refractivity contribution in [2.24, 2.45) is 5.92 Å². The Kier molecular flexibility index (Phi) is 5.06. The molecule has 2 rings (SSSR count). The number of benzene rings is 1. The molecule has 0 bridgehead atoms. The van der Waals surface area contributed by atoms with Crippen LogP contribution in [0.25, 0.3) is 0 Å². The zero-order chi connectivity index (χ0) is 15.6. The molecule has 116 valence electrons. The number of carboxylic acid groups (broad SMARTS) is 1. The lowest BCUT2D eigenvalue weighted by Gasteiger charge is -2.36. The van der Waals surface area contributed by atoms with Crippen LogP contribution in [0.1, 0.15) is 25.3 Å². The minimum absolute atomic E-state index is 0.120. The predicted octanol–water partition coefficient (Wildman–Crippen LogP) is 2.46. The van der Waals surface area contributed by atoms with Gasteiger partial charge in [0.2, 0.25) is 10.0 Å². The molecular weight excluding hydrogens is 358 g/mol. The quantitative estimate of drug-likeness (QED) is 0.876. The summed E-state index contributed by atoms with van der Waals surface area (Å²) in [5.74, 6) is -1.68. The number of sulfonamides is 1. The third-order valence-electron chi connectivity index (χ3n) is 3.90. The van der Waals surface area contributed by atoms with Crippen molar-refractivity contribution >= 4 is 31.9 Å². The molecular formula is C14H18BrNO4S. The van der Waals surface area contributed by atoms with Gasteiger partial charge in [-0.1, -0.05) is 34.1 Å². The SMILES string of the molecule is C[C@@H]1[C@H](C(=O)O)CCCN1S(=O)(=O)Cc1ccccc1Br. The van der Waals surface area contributed by atoms with Crippen molar-refractivity contribution in [3.8, 4) is 0 Å². The summed E-state index contributed by atoms with van der Waals surface area (Å²) in [4.78, 5) is 11.2. The molecule has 1 aromatic carbocycles. The third kappa shape index (κ3) is 3.64. The molecule has 1 aromatic rings. The van der Waals surface area contributed by atoms with E-state index in [1.165, 1.54) is 4.31 Å². The van der Waals surface area contributed by atoms with E-state index in [2.05, 4.69) is 15.9 Å². The van der Waals surface area contributed by atoms with Gasteiger partial charge in [0.05, 0.1) is 11.7 Å². The Morgan fingerprint density at radius 3 is 2.71 bits per heavy atom. The van der Waals surface area contributed by atoms with Crippen LogP contribution in [-0.2, 0) is 20.6 Å². The van der Waals surface area contributed by atoms with Crippen molar-refractivity contribution in [3.05, 3.63) is 34.3 Å². The first-order valence-corrected chi connectivity index (χ1v) is 9.19. The van der Waals surface area contributed by atoms with E-state index < -0.39 is 28.0 Å². The first-order chi connectivity index (χ1) is 9.83. The molecule has 0 amide bonds. The summed E-state index contributed by atoms with van der Waals surface area (Å²) in [5, 5.41) is 9.20. The molecule has 0 saturated carbocycles. The van der Waals surface area contributed by atoms with Crippen molar-refractivity contribution in [1.29, 1.82) is 0 Å². The van der Waals surface area contributed by atoms with E-state index in [-0.39, 0.29) is 5.75 Å². The number of rotatable bonds is 4. The number of carbonyl (C=O) groups is 1. The van der Waals surface area contributed by atoms with Gasteiger partial charge in [-0.2, -0.15) is 4.31 Å². The molecule has 1 fully saturated rings.